The van der Waals surface area contributed by atoms with Crippen molar-refractivity contribution in [3.05, 3.63) is 82.7 Å². The maximum Gasteiger partial charge on any atom is 0.238 e. The van der Waals surface area contributed by atoms with Gasteiger partial charge in [0.2, 0.25) is 17.6 Å². The van der Waals surface area contributed by atoms with Crippen molar-refractivity contribution >= 4 is 28.1 Å². The summed E-state index contributed by atoms with van der Waals surface area (Å²) in [6, 6.07) is 15.9. The van der Waals surface area contributed by atoms with E-state index < -0.39 is 0 Å². The number of aromatic nitrogens is 3. The molecule has 0 aliphatic heterocycles. The zero-order chi connectivity index (χ0) is 21.0. The van der Waals surface area contributed by atoms with Crippen LogP contribution in [-0.4, -0.2) is 27.6 Å². The van der Waals surface area contributed by atoms with Crippen LogP contribution in [0.3, 0.4) is 0 Å². The molecule has 31 heavy (non-hydrogen) atoms. The molecule has 0 saturated heterocycles. The van der Waals surface area contributed by atoms with Crippen LogP contribution in [-0.2, 0) is 11.2 Å². The summed E-state index contributed by atoms with van der Waals surface area (Å²) >= 11 is 1.69. The van der Waals surface area contributed by atoms with Crippen LogP contribution in [0.5, 0.6) is 0 Å². The predicted octanol–water partition coefficient (Wildman–Crippen LogP) is 4.75. The third-order valence-electron chi connectivity index (χ3n) is 5.16. The number of thiophene rings is 1. The molecule has 2 N–H and O–H groups in total. The van der Waals surface area contributed by atoms with Gasteiger partial charge in [-0.3, -0.25) is 4.79 Å². The molecule has 8 heteroatoms. The van der Waals surface area contributed by atoms with Gasteiger partial charge in [-0.05, 0) is 35.2 Å². The molecule has 1 atom stereocenters. The molecule has 0 bridgehead atoms. The predicted molar refractivity (Wildman–Crippen MR) is 118 cm³/mol. The number of fused-ring (bicyclic) bond motifs is 1. The second-order valence-electron chi connectivity index (χ2n) is 7.15. The Morgan fingerprint density at radius 1 is 1.16 bits per heavy atom. The molecule has 0 aliphatic rings. The molecular weight excluding hydrogens is 412 g/mol. The molecular formula is C23H20N4O3S. The summed E-state index contributed by atoms with van der Waals surface area (Å²) in [4.78, 5) is 21.4. The summed E-state index contributed by atoms with van der Waals surface area (Å²) in [6.07, 6.45) is 4.23. The van der Waals surface area contributed by atoms with Crippen molar-refractivity contribution in [3.8, 4) is 11.6 Å². The van der Waals surface area contributed by atoms with E-state index in [1.807, 2.05) is 24.4 Å². The molecule has 0 radical (unpaired) electrons. The van der Waals surface area contributed by atoms with Crippen molar-refractivity contribution in [1.29, 1.82) is 0 Å². The van der Waals surface area contributed by atoms with Gasteiger partial charge >= 0.3 is 0 Å². The summed E-state index contributed by atoms with van der Waals surface area (Å²) < 4.78 is 10.5. The fourth-order valence-corrected chi connectivity index (χ4v) is 4.47. The van der Waals surface area contributed by atoms with E-state index in [-0.39, 0.29) is 18.2 Å². The van der Waals surface area contributed by atoms with Gasteiger partial charge in [-0.2, -0.15) is 4.98 Å². The average molecular weight is 433 g/mol. The lowest BCUT2D eigenvalue weighted by atomic mass is 9.96. The number of furan rings is 1. The van der Waals surface area contributed by atoms with Crippen LogP contribution in [0.15, 0.2) is 75.3 Å². The Balaban J connectivity index is 1.24. The quantitative estimate of drug-likeness (QED) is 0.369. The molecule has 1 aromatic carbocycles. The van der Waals surface area contributed by atoms with Crippen LogP contribution in [0.2, 0.25) is 0 Å². The minimum absolute atomic E-state index is 0.0563. The number of nitrogens with zero attached hydrogens (tertiary/aromatic N) is 2. The first-order valence-corrected chi connectivity index (χ1v) is 10.9. The minimum atomic E-state index is -0.0563. The molecule has 5 aromatic rings. The molecule has 7 nitrogen and oxygen atoms in total. The Hall–Kier alpha value is -3.65. The summed E-state index contributed by atoms with van der Waals surface area (Å²) in [5.41, 5.74) is 2.27. The fraction of sp³-hybridized carbons (Fsp3) is 0.174. The first-order chi connectivity index (χ1) is 15.3. The molecule has 5 rings (SSSR count). The zero-order valence-corrected chi connectivity index (χ0v) is 17.4. The fourth-order valence-electron chi connectivity index (χ4n) is 3.62. The second kappa shape index (κ2) is 8.61. The standard InChI is InChI=1S/C23H20N4O3S/c28-21(9-10-22-26-23(27-30-22)19-7-3-11-29-19)25-14-17(20-8-4-12-31-20)16-13-24-18-6-2-1-5-15(16)18/h1-8,11-13,17,24H,9-10,14H2,(H,25,28). The van der Waals surface area contributed by atoms with Gasteiger partial charge in [-0.25, -0.2) is 0 Å². The first-order valence-electron chi connectivity index (χ1n) is 10.0. The highest BCUT2D eigenvalue weighted by Gasteiger charge is 2.20. The van der Waals surface area contributed by atoms with Gasteiger partial charge < -0.3 is 19.2 Å². The van der Waals surface area contributed by atoms with Crippen molar-refractivity contribution < 1.29 is 13.7 Å². The number of H-pyrrole nitrogens is 1. The highest BCUT2D eigenvalue weighted by molar-refractivity contribution is 7.10. The van der Waals surface area contributed by atoms with Gasteiger partial charge in [0.1, 0.15) is 0 Å². The lowest BCUT2D eigenvalue weighted by Crippen LogP contribution is -2.28. The lowest BCUT2D eigenvalue weighted by molar-refractivity contribution is -0.121. The van der Waals surface area contributed by atoms with E-state index in [1.54, 1.807) is 29.7 Å². The molecule has 1 unspecified atom stereocenters. The van der Waals surface area contributed by atoms with E-state index in [1.165, 1.54) is 15.8 Å². The number of aryl methyl sites for hydroxylation is 1. The summed E-state index contributed by atoms with van der Waals surface area (Å²) in [5.74, 6) is 1.36. The number of nitrogens with one attached hydrogen (secondary N) is 2. The third kappa shape index (κ3) is 4.15. The Morgan fingerprint density at radius 3 is 2.94 bits per heavy atom. The first kappa shape index (κ1) is 19.3. The number of hydrogen-bond acceptors (Lipinski definition) is 6. The second-order valence-corrected chi connectivity index (χ2v) is 8.13. The normalized spacial score (nSPS) is 12.3. The van der Waals surface area contributed by atoms with Gasteiger partial charge in [0, 0.05) is 47.3 Å². The molecule has 156 valence electrons. The van der Waals surface area contributed by atoms with Crippen molar-refractivity contribution in [3.63, 3.8) is 0 Å². The number of para-hydroxylation sites is 1. The van der Waals surface area contributed by atoms with Crippen LogP contribution in [0.25, 0.3) is 22.5 Å². The summed E-state index contributed by atoms with van der Waals surface area (Å²) in [5, 5.41) is 10.2. The lowest BCUT2D eigenvalue weighted by Gasteiger charge is -2.16. The van der Waals surface area contributed by atoms with Gasteiger partial charge in [0.05, 0.1) is 6.26 Å². The number of carbonyl (C=O) groups is 1. The molecule has 0 spiro atoms. The monoisotopic (exact) mass is 432 g/mol. The number of benzene rings is 1. The van der Waals surface area contributed by atoms with Crippen LogP contribution < -0.4 is 5.32 Å². The number of aromatic amines is 1. The Labute approximate surface area is 182 Å². The summed E-state index contributed by atoms with van der Waals surface area (Å²) in [6.45, 7) is 0.517. The van der Waals surface area contributed by atoms with Crippen LogP contribution in [0.4, 0.5) is 0 Å². The Kier molecular flexibility index (Phi) is 5.37. The van der Waals surface area contributed by atoms with Crippen molar-refractivity contribution in [2.24, 2.45) is 0 Å². The van der Waals surface area contributed by atoms with Gasteiger partial charge in [0.25, 0.3) is 0 Å². The van der Waals surface area contributed by atoms with Crippen molar-refractivity contribution in [2.45, 2.75) is 18.8 Å². The average Bonchev–Trinajstić information content (AvgIpc) is 3.60. The Bertz CT molecular complexity index is 1270. The van der Waals surface area contributed by atoms with E-state index in [4.69, 9.17) is 8.94 Å². The molecule has 1 amide bonds. The zero-order valence-electron chi connectivity index (χ0n) is 16.6. The molecule has 0 saturated carbocycles. The number of carbonyl (C=O) groups excluding carboxylic acids is 1. The van der Waals surface area contributed by atoms with E-state index in [0.29, 0.717) is 30.4 Å². The van der Waals surface area contributed by atoms with E-state index in [9.17, 15) is 4.79 Å². The molecule has 4 heterocycles. The Morgan fingerprint density at radius 2 is 2.10 bits per heavy atom. The maximum atomic E-state index is 12.5. The highest BCUT2D eigenvalue weighted by Crippen LogP contribution is 2.32. The van der Waals surface area contributed by atoms with Gasteiger partial charge in [-0.15, -0.1) is 11.3 Å². The van der Waals surface area contributed by atoms with E-state index in [2.05, 4.69) is 44.0 Å². The molecule has 0 fully saturated rings. The largest absolute Gasteiger partial charge is 0.461 e. The van der Waals surface area contributed by atoms with Gasteiger partial charge in [0.15, 0.2) is 5.76 Å². The smallest absolute Gasteiger partial charge is 0.238 e. The number of hydrogen-bond donors (Lipinski definition) is 2. The van der Waals surface area contributed by atoms with Gasteiger partial charge in [-0.1, -0.05) is 29.4 Å². The van der Waals surface area contributed by atoms with Crippen molar-refractivity contribution in [1.82, 2.24) is 20.4 Å². The minimum Gasteiger partial charge on any atom is -0.461 e. The van der Waals surface area contributed by atoms with Crippen LogP contribution in [0, 0.1) is 0 Å². The van der Waals surface area contributed by atoms with Crippen LogP contribution in [0.1, 0.15) is 28.7 Å². The third-order valence-corrected chi connectivity index (χ3v) is 6.15. The maximum absolute atomic E-state index is 12.5. The SMILES string of the molecule is O=C(CCc1nc(-c2ccco2)no1)NCC(c1cccs1)c1c[nH]c2ccccc12. The van der Waals surface area contributed by atoms with E-state index in [0.717, 1.165) is 5.52 Å². The van der Waals surface area contributed by atoms with Crippen LogP contribution >= 0.6 is 11.3 Å². The van der Waals surface area contributed by atoms with Crippen molar-refractivity contribution in [2.75, 3.05) is 6.54 Å². The van der Waals surface area contributed by atoms with E-state index >= 15 is 0 Å². The molecule has 4 aromatic heterocycles. The summed E-state index contributed by atoms with van der Waals surface area (Å²) in [7, 11) is 0. The highest BCUT2D eigenvalue weighted by atomic mass is 32.1. The number of rotatable bonds is 8. The number of amides is 1. The topological polar surface area (TPSA) is 96.9 Å². The molecule has 0 aliphatic carbocycles.